The highest BCUT2D eigenvalue weighted by atomic mass is 79.9. The zero-order valence-corrected chi connectivity index (χ0v) is 19.9. The first-order valence-electron chi connectivity index (χ1n) is 11.2. The number of hydrogen-bond donors (Lipinski definition) is 1. The number of halogens is 1. The number of rotatable bonds is 5. The molecule has 1 aliphatic carbocycles. The van der Waals surface area contributed by atoms with Gasteiger partial charge in [0.15, 0.2) is 0 Å². The highest BCUT2D eigenvalue weighted by Crippen LogP contribution is 2.55. The maximum Gasteiger partial charge on any atom is 0.347 e. The van der Waals surface area contributed by atoms with E-state index in [1.54, 1.807) is 24.3 Å². The van der Waals surface area contributed by atoms with Crippen molar-refractivity contribution in [1.82, 2.24) is 4.90 Å². The third-order valence-electron chi connectivity index (χ3n) is 7.57. The normalized spacial score (nSPS) is 27.9. The van der Waals surface area contributed by atoms with Crippen molar-refractivity contribution < 1.29 is 14.6 Å². The number of esters is 1. The summed E-state index contributed by atoms with van der Waals surface area (Å²) in [6, 6.07) is 18.8. The lowest BCUT2D eigenvalue weighted by Crippen LogP contribution is -2.55. The number of aliphatic hydroxyl groups is 1. The zero-order chi connectivity index (χ0) is 22.1. The minimum absolute atomic E-state index is 0.134. The van der Waals surface area contributed by atoms with Crippen LogP contribution in [-0.2, 0) is 15.1 Å². The van der Waals surface area contributed by atoms with E-state index in [1.807, 2.05) is 42.2 Å². The van der Waals surface area contributed by atoms with Crippen LogP contribution in [0.1, 0.15) is 49.7 Å². The molecular formula is C26H32BrNO3. The average molecular weight is 486 g/mol. The Labute approximate surface area is 193 Å². The predicted octanol–water partition coefficient (Wildman–Crippen LogP) is 4.88. The van der Waals surface area contributed by atoms with E-state index in [4.69, 9.17) is 4.74 Å². The average Bonchev–Trinajstić information content (AvgIpc) is 3.65. The van der Waals surface area contributed by atoms with Crippen LogP contribution in [0.25, 0.3) is 0 Å². The van der Waals surface area contributed by atoms with E-state index in [0.29, 0.717) is 17.2 Å². The van der Waals surface area contributed by atoms with Crippen molar-refractivity contribution in [3.05, 3.63) is 71.8 Å². The topological polar surface area (TPSA) is 49.8 Å². The van der Waals surface area contributed by atoms with Gasteiger partial charge in [-0.1, -0.05) is 76.6 Å². The second-order valence-corrected chi connectivity index (χ2v) is 9.09. The molecule has 5 rings (SSSR count). The first-order chi connectivity index (χ1) is 15.0. The summed E-state index contributed by atoms with van der Waals surface area (Å²) in [5.74, 6) is 1.99. The number of piperidine rings is 1. The van der Waals surface area contributed by atoms with Crippen LogP contribution in [0, 0.1) is 5.92 Å². The molecule has 4 nitrogen and oxygen atoms in total. The Balaban J connectivity index is 0.00000112. The zero-order valence-electron chi connectivity index (χ0n) is 18.3. The van der Waals surface area contributed by atoms with Gasteiger partial charge in [-0.15, -0.1) is 0 Å². The summed E-state index contributed by atoms with van der Waals surface area (Å²) in [7, 11) is 2.25. The molecule has 2 aliphatic heterocycles. The molecule has 3 aliphatic rings. The maximum atomic E-state index is 13.5. The molecule has 2 aromatic rings. The number of carbonyl (C=O) groups is 1. The molecule has 0 radical (unpaired) electrons. The van der Waals surface area contributed by atoms with Crippen molar-refractivity contribution in [3.8, 4) is 0 Å². The third kappa shape index (κ3) is 3.96. The summed E-state index contributed by atoms with van der Waals surface area (Å²) in [6.45, 7) is 0. The minimum Gasteiger partial charge on any atom is -0.460 e. The molecule has 166 valence electrons. The van der Waals surface area contributed by atoms with Gasteiger partial charge in [0.2, 0.25) is 5.60 Å². The van der Waals surface area contributed by atoms with Gasteiger partial charge in [0.05, 0.1) is 0 Å². The van der Waals surface area contributed by atoms with Gasteiger partial charge in [-0.3, -0.25) is 4.90 Å². The fraction of sp³-hybridized carbons (Fsp3) is 0.500. The Bertz CT molecular complexity index is 847. The largest absolute Gasteiger partial charge is 0.460 e. The number of carbonyl (C=O) groups excluding carboxylic acids is 1. The van der Waals surface area contributed by atoms with E-state index in [1.165, 1.54) is 25.7 Å². The van der Waals surface area contributed by atoms with Crippen LogP contribution < -0.4 is 0 Å². The van der Waals surface area contributed by atoms with Crippen LogP contribution in [0.15, 0.2) is 60.7 Å². The van der Waals surface area contributed by atoms with Crippen molar-refractivity contribution in [1.29, 1.82) is 0 Å². The molecule has 0 spiro atoms. The summed E-state index contributed by atoms with van der Waals surface area (Å²) in [4.78, 5) is 16.0. The Hall–Kier alpha value is -1.69. The fourth-order valence-electron chi connectivity index (χ4n) is 5.82. The highest BCUT2D eigenvalue weighted by molar-refractivity contribution is 9.08. The van der Waals surface area contributed by atoms with Gasteiger partial charge >= 0.3 is 5.97 Å². The molecule has 3 unspecified atom stereocenters. The minimum atomic E-state index is -1.79. The molecule has 5 heteroatoms. The summed E-state index contributed by atoms with van der Waals surface area (Å²) in [5.41, 5.74) is -0.517. The van der Waals surface area contributed by atoms with Gasteiger partial charge in [0, 0.05) is 24.4 Å². The molecule has 1 saturated carbocycles. The monoisotopic (exact) mass is 485 g/mol. The van der Waals surface area contributed by atoms with E-state index in [0.717, 1.165) is 18.8 Å². The van der Waals surface area contributed by atoms with Gasteiger partial charge in [-0.25, -0.2) is 4.79 Å². The lowest BCUT2D eigenvalue weighted by molar-refractivity contribution is -0.173. The third-order valence-corrected chi connectivity index (χ3v) is 7.57. The molecule has 2 bridgehead atoms. The molecule has 0 amide bonds. The molecule has 2 saturated heterocycles. The second kappa shape index (κ2) is 9.05. The predicted molar refractivity (Wildman–Crippen MR) is 126 cm³/mol. The van der Waals surface area contributed by atoms with E-state index in [-0.39, 0.29) is 11.6 Å². The molecule has 3 fully saturated rings. The van der Waals surface area contributed by atoms with E-state index in [2.05, 4.69) is 27.9 Å². The lowest BCUT2D eigenvalue weighted by atomic mass is 9.82. The van der Waals surface area contributed by atoms with Crippen LogP contribution in [-0.4, -0.2) is 46.5 Å². The van der Waals surface area contributed by atoms with Gasteiger partial charge < -0.3 is 9.84 Å². The van der Waals surface area contributed by atoms with Crippen LogP contribution >= 0.6 is 15.9 Å². The Morgan fingerprint density at radius 3 is 2.10 bits per heavy atom. The van der Waals surface area contributed by atoms with Gasteiger partial charge in [-0.2, -0.15) is 0 Å². The number of ether oxygens (including phenoxy) is 1. The quantitative estimate of drug-likeness (QED) is 0.484. The number of nitrogens with zero attached hydrogens (tertiary/aromatic N) is 1. The molecule has 2 heterocycles. The van der Waals surface area contributed by atoms with E-state index in [9.17, 15) is 9.90 Å². The highest BCUT2D eigenvalue weighted by Gasteiger charge is 2.58. The summed E-state index contributed by atoms with van der Waals surface area (Å²) < 4.78 is 6.08. The van der Waals surface area contributed by atoms with Crippen LogP contribution in [0.2, 0.25) is 0 Å². The SMILES string of the molecule is CBr.CN1C2CCC1(C1CC1)CC(OC(=O)C(O)(c1ccccc1)c1ccccc1)C2. The molecular weight excluding hydrogens is 454 g/mol. The summed E-state index contributed by atoms with van der Waals surface area (Å²) in [6.07, 6.45) is 6.57. The number of alkyl halides is 1. The first kappa shape index (κ1) is 22.5. The standard InChI is InChI=1S/C25H29NO3.CH3Br/c1-26-21-14-15-24(26,18-12-13-18)17-22(16-21)29-23(27)25(28,19-8-4-2-5-9-19)20-10-6-3-7-11-20;1-2/h2-11,18,21-22,28H,12-17H2,1H3;1H3. The maximum absolute atomic E-state index is 13.5. The second-order valence-electron chi connectivity index (χ2n) is 9.09. The van der Waals surface area contributed by atoms with Crippen molar-refractivity contribution in [3.63, 3.8) is 0 Å². The van der Waals surface area contributed by atoms with Crippen LogP contribution in [0.4, 0.5) is 0 Å². The smallest absolute Gasteiger partial charge is 0.347 e. The molecule has 3 atom stereocenters. The lowest BCUT2D eigenvalue weighted by Gasteiger charge is -2.46. The van der Waals surface area contributed by atoms with Crippen LogP contribution in [0.3, 0.4) is 0 Å². The molecule has 0 aromatic heterocycles. The Morgan fingerprint density at radius 1 is 1.03 bits per heavy atom. The van der Waals surface area contributed by atoms with Gasteiger partial charge in [0.1, 0.15) is 6.10 Å². The first-order valence-corrected chi connectivity index (χ1v) is 12.8. The van der Waals surface area contributed by atoms with Crippen molar-refractivity contribution in [2.24, 2.45) is 5.92 Å². The van der Waals surface area contributed by atoms with Crippen molar-refractivity contribution >= 4 is 21.9 Å². The Kier molecular flexibility index (Phi) is 6.57. The number of fused-ring (bicyclic) bond motifs is 2. The fourth-order valence-corrected chi connectivity index (χ4v) is 5.82. The summed E-state index contributed by atoms with van der Waals surface area (Å²) in [5, 5.41) is 11.7. The Morgan fingerprint density at radius 2 is 1.58 bits per heavy atom. The van der Waals surface area contributed by atoms with E-state index < -0.39 is 11.6 Å². The summed E-state index contributed by atoms with van der Waals surface area (Å²) >= 11 is 2.94. The van der Waals surface area contributed by atoms with Crippen molar-refractivity contribution in [2.45, 2.75) is 61.8 Å². The van der Waals surface area contributed by atoms with Gasteiger partial charge in [0.25, 0.3) is 0 Å². The van der Waals surface area contributed by atoms with E-state index >= 15 is 0 Å². The molecule has 1 N–H and O–H groups in total. The molecule has 31 heavy (non-hydrogen) atoms. The number of benzene rings is 2. The van der Waals surface area contributed by atoms with Crippen molar-refractivity contribution in [2.75, 3.05) is 12.9 Å². The molecule has 2 aromatic carbocycles. The number of hydrogen-bond acceptors (Lipinski definition) is 4. The van der Waals surface area contributed by atoms with Crippen LogP contribution in [0.5, 0.6) is 0 Å². The van der Waals surface area contributed by atoms with Gasteiger partial charge in [-0.05, 0) is 55.6 Å².